The number of hydrogen-bond donors (Lipinski definition) is 4. The van der Waals surface area contributed by atoms with Crippen molar-refractivity contribution in [2.24, 2.45) is 0 Å². The molecule has 0 saturated carbocycles. The summed E-state index contributed by atoms with van der Waals surface area (Å²) in [4.78, 5) is 0. The summed E-state index contributed by atoms with van der Waals surface area (Å²) in [5, 5.41) is 32.7. The lowest BCUT2D eigenvalue weighted by atomic mass is 9.70. The molecule has 0 radical (unpaired) electrons. The fourth-order valence-corrected chi connectivity index (χ4v) is 3.39. The van der Waals surface area contributed by atoms with E-state index < -0.39 is 18.5 Å². The van der Waals surface area contributed by atoms with E-state index in [9.17, 15) is 5.11 Å². The van der Waals surface area contributed by atoms with Crippen LogP contribution < -0.4 is 4.74 Å². The highest BCUT2D eigenvalue weighted by Crippen LogP contribution is 2.44. The summed E-state index contributed by atoms with van der Waals surface area (Å²) >= 11 is 0. The molecule has 0 heterocycles. The van der Waals surface area contributed by atoms with E-state index in [0.717, 1.165) is 16.9 Å². The highest BCUT2D eigenvalue weighted by atomic mass is 16.5. The number of para-hydroxylation sites is 1. The summed E-state index contributed by atoms with van der Waals surface area (Å²) in [6.45, 7) is 5.62. The first kappa shape index (κ1) is 23.6. The first-order valence-electron chi connectivity index (χ1n) is 9.75. The van der Waals surface area contributed by atoms with Crippen molar-refractivity contribution in [1.82, 2.24) is 0 Å². The minimum absolute atomic E-state index is 0.134. The summed E-state index contributed by atoms with van der Waals surface area (Å²) in [5.74, 6) is 0.610. The third-order valence-corrected chi connectivity index (χ3v) is 5.10. The molecule has 0 aliphatic rings. The van der Waals surface area contributed by atoms with E-state index >= 15 is 0 Å². The van der Waals surface area contributed by atoms with Crippen LogP contribution >= 0.6 is 0 Å². The maximum absolute atomic E-state index is 11.2. The predicted molar refractivity (Wildman–Crippen MR) is 119 cm³/mol. The predicted octanol–water partition coefficient (Wildman–Crippen LogP) is 3.38. The first-order chi connectivity index (χ1) is 14.1. The van der Waals surface area contributed by atoms with Crippen LogP contribution in [0.5, 0.6) is 5.75 Å². The van der Waals surface area contributed by atoms with Crippen molar-refractivity contribution in [3.8, 4) is 5.75 Å². The van der Waals surface area contributed by atoms with Gasteiger partial charge in [0.05, 0.1) is 11.5 Å². The zero-order chi connectivity index (χ0) is 22.2. The van der Waals surface area contributed by atoms with Gasteiger partial charge in [-0.2, -0.15) is 0 Å². The van der Waals surface area contributed by atoms with Crippen molar-refractivity contribution in [2.75, 3.05) is 0 Å². The molecule has 5 nitrogen and oxygen atoms in total. The van der Waals surface area contributed by atoms with Gasteiger partial charge in [-0.25, -0.2) is 0 Å². The number of benzene rings is 3. The summed E-state index contributed by atoms with van der Waals surface area (Å²) in [6.07, 6.45) is 0. The number of hydrogen-bond acceptors (Lipinski definition) is 5. The molecule has 4 N–H and O–H groups in total. The van der Waals surface area contributed by atoms with Gasteiger partial charge in [-0.1, -0.05) is 78.9 Å². The molecule has 0 aliphatic heterocycles. The Kier molecular flexibility index (Phi) is 8.20. The molecule has 30 heavy (non-hydrogen) atoms. The van der Waals surface area contributed by atoms with Crippen LogP contribution in [0, 0.1) is 0 Å². The first-order valence-corrected chi connectivity index (χ1v) is 9.75. The largest absolute Gasteiger partial charge is 0.631 e. The van der Waals surface area contributed by atoms with E-state index in [0.29, 0.717) is 0 Å². The van der Waals surface area contributed by atoms with Crippen LogP contribution in [0.25, 0.3) is 0 Å². The van der Waals surface area contributed by atoms with Gasteiger partial charge in [0, 0.05) is 0 Å². The zero-order valence-electron chi connectivity index (χ0n) is 17.5. The third kappa shape index (κ3) is 6.18. The average Bonchev–Trinajstić information content (AvgIpc) is 2.69. The van der Waals surface area contributed by atoms with Crippen molar-refractivity contribution in [2.45, 2.75) is 37.9 Å². The molecule has 158 valence electrons. The molecule has 1 atom stereocenters. The van der Waals surface area contributed by atoms with Gasteiger partial charge in [0.2, 0.25) is 0 Å². The molecule has 0 saturated heterocycles. The monoisotopic (exact) mass is 408 g/mol. The molecule has 6 heteroatoms. The van der Waals surface area contributed by atoms with Gasteiger partial charge in [-0.15, -0.1) is 0 Å². The van der Waals surface area contributed by atoms with E-state index in [1.165, 1.54) is 0 Å². The fourth-order valence-electron chi connectivity index (χ4n) is 3.39. The van der Waals surface area contributed by atoms with E-state index in [1.54, 1.807) is 0 Å². The van der Waals surface area contributed by atoms with Gasteiger partial charge in [-0.3, -0.25) is 0 Å². The highest BCUT2D eigenvalue weighted by Gasteiger charge is 2.49. The van der Waals surface area contributed by atoms with Gasteiger partial charge in [-0.05, 0) is 44.0 Å². The maximum atomic E-state index is 11.2. The van der Waals surface area contributed by atoms with Crippen LogP contribution in [0.15, 0.2) is 91.0 Å². The Morgan fingerprint density at radius 3 is 1.33 bits per heavy atom. The van der Waals surface area contributed by atoms with Gasteiger partial charge in [0.15, 0.2) is 0 Å². The smallest absolute Gasteiger partial charge is 0.484 e. The second-order valence-corrected chi connectivity index (χ2v) is 7.68. The van der Waals surface area contributed by atoms with Crippen LogP contribution in [0.1, 0.15) is 37.8 Å². The molecule has 0 aromatic heterocycles. The number of ether oxygens (including phenoxy) is 1. The van der Waals surface area contributed by atoms with Crippen LogP contribution in [-0.2, 0) is 0 Å². The second-order valence-electron chi connectivity index (χ2n) is 7.68. The fraction of sp³-hybridized carbons (Fsp3) is 0.250. The minimum Gasteiger partial charge on any atom is -0.484 e. The zero-order valence-corrected chi connectivity index (χ0v) is 17.5. The Hall–Kier alpha value is -2.64. The number of aliphatic hydroxyl groups is 1. The van der Waals surface area contributed by atoms with E-state index in [1.807, 2.05) is 87.5 Å². The Morgan fingerprint density at radius 2 is 1.00 bits per heavy atom. The summed E-state index contributed by atoms with van der Waals surface area (Å²) in [5.41, 5.74) is 0.259. The van der Waals surface area contributed by atoms with Crippen molar-refractivity contribution in [3.05, 3.63) is 102 Å². The van der Waals surface area contributed by atoms with Crippen LogP contribution in [0.3, 0.4) is 0 Å². The lowest BCUT2D eigenvalue weighted by Crippen LogP contribution is -2.56. The average molecular weight is 408 g/mol. The minimum atomic E-state index is -2.17. The molecule has 3 rings (SSSR count). The highest BCUT2D eigenvalue weighted by molar-refractivity contribution is 6.30. The molecule has 1 unspecified atom stereocenters. The molecule has 0 bridgehead atoms. The molecule has 3 aromatic carbocycles. The third-order valence-electron chi connectivity index (χ3n) is 5.10. The molecule has 3 aromatic rings. The van der Waals surface area contributed by atoms with Crippen LogP contribution in [0.4, 0.5) is 0 Å². The summed E-state index contributed by atoms with van der Waals surface area (Å²) in [7, 11) is -2.17. The van der Waals surface area contributed by atoms with Gasteiger partial charge in [0.25, 0.3) is 0 Å². The second kappa shape index (κ2) is 10.4. The van der Waals surface area contributed by atoms with Gasteiger partial charge >= 0.3 is 7.32 Å². The normalized spacial score (nSPS) is 13.1. The molecular formula is C24H29BO5. The Bertz CT molecular complexity index is 824. The molecular weight excluding hydrogens is 379 g/mol. The van der Waals surface area contributed by atoms with Gasteiger partial charge < -0.3 is 24.9 Å². The maximum Gasteiger partial charge on any atom is 0.631 e. The van der Waals surface area contributed by atoms with E-state index in [2.05, 4.69) is 24.3 Å². The van der Waals surface area contributed by atoms with Crippen molar-refractivity contribution in [3.63, 3.8) is 0 Å². The summed E-state index contributed by atoms with van der Waals surface area (Å²) < 4.78 is 6.49. The Balaban J connectivity index is 0.000000735. The molecule has 0 aliphatic carbocycles. The number of rotatable bonds is 6. The van der Waals surface area contributed by atoms with Crippen molar-refractivity contribution >= 4 is 7.32 Å². The molecule has 0 fully saturated rings. The lowest BCUT2D eigenvalue weighted by Gasteiger charge is -2.46. The SMILES string of the molecule is CC(C)(O)C(C)(Oc1ccccc1)C(c1ccccc1)c1ccccc1.OB(O)O. The Labute approximate surface area is 178 Å². The topological polar surface area (TPSA) is 90.2 Å². The van der Waals surface area contributed by atoms with Crippen LogP contribution in [-0.4, -0.2) is 38.7 Å². The lowest BCUT2D eigenvalue weighted by molar-refractivity contribution is -0.111. The van der Waals surface area contributed by atoms with E-state index in [4.69, 9.17) is 19.8 Å². The Morgan fingerprint density at radius 1 is 0.667 bits per heavy atom. The standard InChI is InChI=1S/C24H26O2.BH3O3/c1-23(2,25)24(3,26-21-17-11-6-12-18-21)22(19-13-7-4-8-14-19)20-15-9-5-10-16-20;2-1(3)4/h4-18,22,25H,1-3H3;2-4H. The van der Waals surface area contributed by atoms with Crippen molar-refractivity contribution < 1.29 is 24.9 Å². The molecule has 0 amide bonds. The molecule has 0 spiro atoms. The summed E-state index contributed by atoms with van der Waals surface area (Å²) in [6, 6.07) is 30.2. The van der Waals surface area contributed by atoms with Crippen LogP contribution in [0.2, 0.25) is 0 Å². The van der Waals surface area contributed by atoms with Gasteiger partial charge in [0.1, 0.15) is 11.4 Å². The van der Waals surface area contributed by atoms with E-state index in [-0.39, 0.29) is 5.92 Å². The quantitative estimate of drug-likeness (QED) is 0.470. The van der Waals surface area contributed by atoms with Crippen molar-refractivity contribution in [1.29, 1.82) is 0 Å².